The molecule has 1 heterocycles. The van der Waals surface area contributed by atoms with Crippen LogP contribution in [0.25, 0.3) is 0 Å². The van der Waals surface area contributed by atoms with Crippen LogP contribution in [0.1, 0.15) is 20.8 Å². The number of carboxylic acids is 1. The van der Waals surface area contributed by atoms with Crippen molar-refractivity contribution in [3.63, 3.8) is 0 Å². The van der Waals surface area contributed by atoms with Gasteiger partial charge in [0.05, 0.1) is 0 Å². The van der Waals surface area contributed by atoms with E-state index in [9.17, 15) is 9.59 Å². The number of hydrogen-bond donors (Lipinski definition) is 2. The molecule has 1 aromatic carbocycles. The number of rotatable bonds is 4. The molecular formula is C14H18N2O6. The Bertz CT molecular complexity index is 581. The second-order valence-corrected chi connectivity index (χ2v) is 5.60. The number of anilines is 1. The average molecular weight is 310 g/mol. The maximum Gasteiger partial charge on any atom is 0.426 e. The van der Waals surface area contributed by atoms with Gasteiger partial charge in [-0.3, -0.25) is 9.80 Å². The van der Waals surface area contributed by atoms with Crippen molar-refractivity contribution >= 4 is 17.7 Å². The highest BCUT2D eigenvalue weighted by molar-refractivity contribution is 5.79. The van der Waals surface area contributed by atoms with Crippen LogP contribution < -0.4 is 19.9 Å². The second kappa shape index (κ2) is 6.00. The zero-order valence-electron chi connectivity index (χ0n) is 12.6. The first-order valence-electron chi connectivity index (χ1n) is 6.64. The minimum absolute atomic E-state index is 0.0414. The normalized spacial score (nSPS) is 12.7. The summed E-state index contributed by atoms with van der Waals surface area (Å²) in [6.07, 6.45) is -0.759. The number of amides is 1. The summed E-state index contributed by atoms with van der Waals surface area (Å²) in [4.78, 5) is 22.9. The Balaban J connectivity index is 2.22. The van der Waals surface area contributed by atoms with Crippen LogP contribution in [-0.2, 0) is 9.53 Å². The highest BCUT2D eigenvalue weighted by atomic mass is 16.7. The first-order chi connectivity index (χ1) is 10.3. The number of para-hydroxylation sites is 1. The smallest absolute Gasteiger partial charge is 0.426 e. The summed E-state index contributed by atoms with van der Waals surface area (Å²) in [7, 11) is 0. The highest BCUT2D eigenvalue weighted by Gasteiger charge is 2.25. The van der Waals surface area contributed by atoms with Gasteiger partial charge in [0.2, 0.25) is 6.79 Å². The lowest BCUT2D eigenvalue weighted by Gasteiger charge is -2.27. The van der Waals surface area contributed by atoms with Gasteiger partial charge in [0.1, 0.15) is 17.8 Å². The van der Waals surface area contributed by atoms with Gasteiger partial charge in [0, 0.05) is 0 Å². The van der Waals surface area contributed by atoms with Gasteiger partial charge >= 0.3 is 12.1 Å². The monoisotopic (exact) mass is 310 g/mol. The third kappa shape index (κ3) is 3.94. The SMILES string of the molecule is CC(C)(C)OC(=O)NN(CC(=O)O)c1cccc2c1OCO2. The molecule has 1 aliphatic rings. The number of carboxylic acid groups (broad SMARTS) is 1. The molecular weight excluding hydrogens is 292 g/mol. The van der Waals surface area contributed by atoms with Crippen molar-refractivity contribution in [1.29, 1.82) is 0 Å². The number of ether oxygens (including phenoxy) is 3. The fourth-order valence-electron chi connectivity index (χ4n) is 1.86. The van der Waals surface area contributed by atoms with E-state index < -0.39 is 24.2 Å². The fourth-order valence-corrected chi connectivity index (χ4v) is 1.86. The zero-order chi connectivity index (χ0) is 16.3. The summed E-state index contributed by atoms with van der Waals surface area (Å²) >= 11 is 0. The minimum Gasteiger partial charge on any atom is -0.480 e. The molecule has 0 atom stereocenters. The Kier molecular flexibility index (Phi) is 4.30. The Morgan fingerprint density at radius 3 is 2.73 bits per heavy atom. The molecule has 0 fully saturated rings. The predicted octanol–water partition coefficient (Wildman–Crippen LogP) is 1.75. The van der Waals surface area contributed by atoms with E-state index >= 15 is 0 Å². The number of carbonyl (C=O) groups is 2. The van der Waals surface area contributed by atoms with Crippen molar-refractivity contribution < 1.29 is 28.9 Å². The van der Waals surface area contributed by atoms with Crippen LogP contribution in [0.5, 0.6) is 11.5 Å². The molecule has 0 aromatic heterocycles. The van der Waals surface area contributed by atoms with Crippen molar-refractivity contribution in [3.05, 3.63) is 18.2 Å². The number of carbonyl (C=O) groups excluding carboxylic acids is 1. The lowest BCUT2D eigenvalue weighted by molar-refractivity contribution is -0.135. The number of hydrogen-bond acceptors (Lipinski definition) is 6. The molecule has 0 saturated heterocycles. The number of fused-ring (bicyclic) bond motifs is 1. The molecule has 0 radical (unpaired) electrons. The van der Waals surface area contributed by atoms with Gasteiger partial charge < -0.3 is 19.3 Å². The van der Waals surface area contributed by atoms with Gasteiger partial charge in [-0.1, -0.05) is 6.07 Å². The predicted molar refractivity (Wildman–Crippen MR) is 76.9 cm³/mol. The molecule has 0 spiro atoms. The highest BCUT2D eigenvalue weighted by Crippen LogP contribution is 2.40. The van der Waals surface area contributed by atoms with Gasteiger partial charge in [0.15, 0.2) is 11.5 Å². The van der Waals surface area contributed by atoms with Gasteiger partial charge in [-0.2, -0.15) is 0 Å². The minimum atomic E-state index is -1.12. The molecule has 2 N–H and O–H groups in total. The largest absolute Gasteiger partial charge is 0.480 e. The van der Waals surface area contributed by atoms with Crippen LogP contribution in [0, 0.1) is 0 Å². The van der Waals surface area contributed by atoms with Crippen LogP contribution >= 0.6 is 0 Å². The molecule has 8 nitrogen and oxygen atoms in total. The average Bonchev–Trinajstić information content (AvgIpc) is 2.82. The van der Waals surface area contributed by atoms with Gasteiger partial charge in [-0.15, -0.1) is 0 Å². The Labute approximate surface area is 127 Å². The van der Waals surface area contributed by atoms with Crippen LogP contribution in [0.3, 0.4) is 0 Å². The second-order valence-electron chi connectivity index (χ2n) is 5.60. The van der Waals surface area contributed by atoms with Crippen molar-refractivity contribution in [1.82, 2.24) is 5.43 Å². The van der Waals surface area contributed by atoms with Crippen LogP contribution in [0.15, 0.2) is 18.2 Å². The topological polar surface area (TPSA) is 97.3 Å². The molecule has 22 heavy (non-hydrogen) atoms. The van der Waals surface area contributed by atoms with Gasteiger partial charge in [-0.25, -0.2) is 10.2 Å². The summed E-state index contributed by atoms with van der Waals surface area (Å²) in [6, 6.07) is 4.99. The van der Waals surface area contributed by atoms with Crippen molar-refractivity contribution in [2.45, 2.75) is 26.4 Å². The summed E-state index contributed by atoms with van der Waals surface area (Å²) in [5.41, 5.74) is 2.09. The Morgan fingerprint density at radius 2 is 2.09 bits per heavy atom. The number of nitrogens with one attached hydrogen (secondary N) is 1. The molecule has 0 saturated carbocycles. The lowest BCUT2D eigenvalue weighted by atomic mass is 10.2. The number of hydrazine groups is 1. The van der Waals surface area contributed by atoms with Crippen molar-refractivity contribution in [3.8, 4) is 11.5 Å². The standard InChI is InChI=1S/C14H18N2O6/c1-14(2,3)22-13(19)15-16(7-11(17)18)9-5-4-6-10-12(9)21-8-20-10/h4-6H,7-8H2,1-3H3,(H,15,19)(H,17,18). The third-order valence-electron chi connectivity index (χ3n) is 2.59. The molecule has 1 aromatic rings. The summed E-state index contributed by atoms with van der Waals surface area (Å²) in [6.45, 7) is 4.72. The van der Waals surface area contributed by atoms with E-state index in [-0.39, 0.29) is 6.79 Å². The Hall–Kier alpha value is -2.64. The molecule has 0 bridgehead atoms. The van der Waals surface area contributed by atoms with E-state index in [1.165, 1.54) is 0 Å². The summed E-state index contributed by atoms with van der Waals surface area (Å²) < 4.78 is 15.7. The fraction of sp³-hybridized carbons (Fsp3) is 0.429. The third-order valence-corrected chi connectivity index (χ3v) is 2.59. The Morgan fingerprint density at radius 1 is 1.36 bits per heavy atom. The molecule has 2 rings (SSSR count). The number of benzene rings is 1. The molecule has 120 valence electrons. The van der Waals surface area contributed by atoms with Crippen LogP contribution in [0.2, 0.25) is 0 Å². The van der Waals surface area contributed by atoms with E-state index in [4.69, 9.17) is 19.3 Å². The summed E-state index contributed by atoms with van der Waals surface area (Å²) in [5.74, 6) is -0.258. The van der Waals surface area contributed by atoms with E-state index in [0.717, 1.165) is 5.01 Å². The van der Waals surface area contributed by atoms with Crippen molar-refractivity contribution in [2.24, 2.45) is 0 Å². The molecule has 1 aliphatic heterocycles. The van der Waals surface area contributed by atoms with Crippen LogP contribution in [0.4, 0.5) is 10.5 Å². The van der Waals surface area contributed by atoms with Gasteiger partial charge in [-0.05, 0) is 32.9 Å². The number of aliphatic carboxylic acids is 1. The van der Waals surface area contributed by atoms with Gasteiger partial charge in [0.25, 0.3) is 0 Å². The first kappa shape index (κ1) is 15.7. The molecule has 0 unspecified atom stereocenters. The van der Waals surface area contributed by atoms with E-state index in [1.54, 1.807) is 39.0 Å². The quantitative estimate of drug-likeness (QED) is 0.817. The number of nitrogens with zero attached hydrogens (tertiary/aromatic N) is 1. The van der Waals surface area contributed by atoms with Crippen LogP contribution in [-0.4, -0.2) is 36.1 Å². The van der Waals surface area contributed by atoms with E-state index in [0.29, 0.717) is 17.2 Å². The molecule has 0 aliphatic carbocycles. The first-order valence-corrected chi connectivity index (χ1v) is 6.64. The van der Waals surface area contributed by atoms with E-state index in [1.807, 2.05) is 0 Å². The van der Waals surface area contributed by atoms with Crippen molar-refractivity contribution in [2.75, 3.05) is 18.3 Å². The molecule has 1 amide bonds. The summed E-state index contributed by atoms with van der Waals surface area (Å²) in [5, 5.41) is 10.2. The zero-order valence-corrected chi connectivity index (χ0v) is 12.6. The lowest BCUT2D eigenvalue weighted by Crippen LogP contribution is -2.47. The maximum absolute atomic E-state index is 11.9. The molecule has 8 heteroatoms. The maximum atomic E-state index is 11.9. The van der Waals surface area contributed by atoms with E-state index in [2.05, 4.69) is 5.43 Å².